The van der Waals surface area contributed by atoms with Crippen molar-refractivity contribution < 1.29 is 14.2 Å². The molecular formula is C11H12BrNO3. The van der Waals surface area contributed by atoms with Gasteiger partial charge in [-0.25, -0.2) is 0 Å². The van der Waals surface area contributed by atoms with Crippen LogP contribution in [0.3, 0.4) is 0 Å². The lowest BCUT2D eigenvalue weighted by molar-refractivity contribution is -0.477. The van der Waals surface area contributed by atoms with Crippen molar-refractivity contribution in [3.05, 3.63) is 28.5 Å². The quantitative estimate of drug-likeness (QED) is 0.792. The van der Waals surface area contributed by atoms with Gasteiger partial charge in [-0.1, -0.05) is 6.92 Å². The zero-order chi connectivity index (χ0) is 11.2. The number of fused-ring (bicyclic) bond motifs is 3. The maximum atomic E-state index is 5.70. The maximum Gasteiger partial charge on any atom is 0.313 e. The molecule has 4 rings (SSSR count). The third-order valence-electron chi connectivity index (χ3n) is 2.89. The lowest BCUT2D eigenvalue weighted by Crippen LogP contribution is -2.57. The van der Waals surface area contributed by atoms with Crippen molar-refractivity contribution in [2.75, 3.05) is 19.8 Å². The fourth-order valence-electron chi connectivity index (χ4n) is 1.89. The van der Waals surface area contributed by atoms with Crippen molar-refractivity contribution in [1.29, 1.82) is 0 Å². The molecule has 0 radical (unpaired) electrons. The zero-order valence-corrected chi connectivity index (χ0v) is 10.5. The number of hydrogen-bond donors (Lipinski definition) is 0. The van der Waals surface area contributed by atoms with E-state index in [2.05, 4.69) is 27.8 Å². The van der Waals surface area contributed by atoms with Gasteiger partial charge in [0.1, 0.15) is 0 Å². The highest BCUT2D eigenvalue weighted by molar-refractivity contribution is 9.10. The van der Waals surface area contributed by atoms with E-state index in [1.54, 1.807) is 12.4 Å². The molecule has 3 aliphatic heterocycles. The molecule has 3 aliphatic rings. The zero-order valence-electron chi connectivity index (χ0n) is 8.90. The van der Waals surface area contributed by atoms with Crippen molar-refractivity contribution in [2.45, 2.75) is 12.9 Å². The number of aromatic nitrogens is 1. The molecule has 4 heterocycles. The maximum absolute atomic E-state index is 5.70. The molecule has 0 atom stereocenters. The van der Waals surface area contributed by atoms with Crippen LogP contribution < -0.4 is 0 Å². The van der Waals surface area contributed by atoms with E-state index in [4.69, 9.17) is 14.2 Å². The van der Waals surface area contributed by atoms with Crippen molar-refractivity contribution in [2.24, 2.45) is 5.41 Å². The van der Waals surface area contributed by atoms with Gasteiger partial charge in [-0.2, -0.15) is 0 Å². The molecule has 5 heteroatoms. The standard InChI is InChI=1S/C11H12BrNO3/c1-10-5-14-11(15-6-10,16-7-10)8-2-9(12)4-13-3-8/h2-4H,5-7H2,1H3. The Morgan fingerprint density at radius 1 is 1.19 bits per heavy atom. The lowest BCUT2D eigenvalue weighted by atomic mass is 9.91. The lowest BCUT2D eigenvalue weighted by Gasteiger charge is -2.50. The minimum atomic E-state index is -1.05. The molecule has 0 aliphatic carbocycles. The van der Waals surface area contributed by atoms with Crippen LogP contribution in [0.2, 0.25) is 0 Å². The van der Waals surface area contributed by atoms with Gasteiger partial charge in [-0.15, -0.1) is 0 Å². The highest BCUT2D eigenvalue weighted by Crippen LogP contribution is 2.43. The number of halogens is 1. The summed E-state index contributed by atoms with van der Waals surface area (Å²) in [7, 11) is 0. The summed E-state index contributed by atoms with van der Waals surface area (Å²) in [4.78, 5) is 4.10. The monoisotopic (exact) mass is 285 g/mol. The first-order chi connectivity index (χ1) is 7.62. The highest BCUT2D eigenvalue weighted by atomic mass is 79.9. The average molecular weight is 286 g/mol. The second-order valence-electron chi connectivity index (χ2n) is 4.62. The molecular weight excluding hydrogens is 274 g/mol. The fraction of sp³-hybridized carbons (Fsp3) is 0.545. The number of hydrogen-bond acceptors (Lipinski definition) is 4. The van der Waals surface area contributed by atoms with Crippen molar-refractivity contribution in [3.63, 3.8) is 0 Å². The minimum Gasteiger partial charge on any atom is -0.323 e. The van der Waals surface area contributed by atoms with Gasteiger partial charge in [0, 0.05) is 22.3 Å². The summed E-state index contributed by atoms with van der Waals surface area (Å²) in [5.74, 6) is -1.05. The molecule has 3 fully saturated rings. The Balaban J connectivity index is 1.95. The van der Waals surface area contributed by atoms with Crippen LogP contribution in [-0.4, -0.2) is 24.8 Å². The van der Waals surface area contributed by atoms with Gasteiger partial charge in [0.05, 0.1) is 25.4 Å². The Bertz CT molecular complexity index is 399. The minimum absolute atomic E-state index is 0.0127. The predicted octanol–water partition coefficient (Wildman–Crippen LogP) is 2.04. The number of pyridine rings is 1. The molecule has 86 valence electrons. The van der Waals surface area contributed by atoms with Gasteiger partial charge in [-0.05, 0) is 22.0 Å². The third kappa shape index (κ3) is 1.59. The average Bonchev–Trinajstić information content (AvgIpc) is 2.30. The summed E-state index contributed by atoms with van der Waals surface area (Å²) in [5.41, 5.74) is 0.782. The van der Waals surface area contributed by atoms with Crippen molar-refractivity contribution in [1.82, 2.24) is 4.98 Å². The van der Waals surface area contributed by atoms with E-state index in [9.17, 15) is 0 Å². The number of nitrogens with zero attached hydrogens (tertiary/aromatic N) is 1. The fourth-order valence-corrected chi connectivity index (χ4v) is 2.25. The summed E-state index contributed by atoms with van der Waals surface area (Å²) in [6.07, 6.45) is 3.43. The third-order valence-corrected chi connectivity index (χ3v) is 3.32. The second kappa shape index (κ2) is 3.50. The predicted molar refractivity (Wildman–Crippen MR) is 59.6 cm³/mol. The smallest absolute Gasteiger partial charge is 0.313 e. The van der Waals surface area contributed by atoms with Crippen LogP contribution in [0.25, 0.3) is 0 Å². The van der Waals surface area contributed by atoms with E-state index in [1.807, 2.05) is 6.07 Å². The van der Waals surface area contributed by atoms with Gasteiger partial charge in [0.15, 0.2) is 0 Å². The van der Waals surface area contributed by atoms with E-state index in [-0.39, 0.29) is 5.41 Å². The molecule has 3 saturated heterocycles. The second-order valence-corrected chi connectivity index (χ2v) is 5.54. The first-order valence-corrected chi connectivity index (χ1v) is 5.94. The molecule has 0 amide bonds. The molecule has 0 N–H and O–H groups in total. The van der Waals surface area contributed by atoms with Crippen LogP contribution in [0.4, 0.5) is 0 Å². The van der Waals surface area contributed by atoms with E-state index in [0.29, 0.717) is 19.8 Å². The van der Waals surface area contributed by atoms with E-state index in [1.165, 1.54) is 0 Å². The Hall–Kier alpha value is -0.490. The van der Waals surface area contributed by atoms with Gasteiger partial charge in [0.25, 0.3) is 0 Å². The van der Waals surface area contributed by atoms with Crippen LogP contribution in [0, 0.1) is 5.41 Å². The first kappa shape index (κ1) is 10.7. The molecule has 0 spiro atoms. The van der Waals surface area contributed by atoms with Crippen LogP contribution in [0.15, 0.2) is 22.9 Å². The SMILES string of the molecule is CC12COC(c3cncc(Br)c3)(OC1)OC2. The van der Waals surface area contributed by atoms with Gasteiger partial charge in [-0.3, -0.25) is 4.98 Å². The molecule has 0 aromatic carbocycles. The van der Waals surface area contributed by atoms with Crippen LogP contribution >= 0.6 is 15.9 Å². The van der Waals surface area contributed by atoms with Crippen LogP contribution in [-0.2, 0) is 20.2 Å². The van der Waals surface area contributed by atoms with E-state index in [0.717, 1.165) is 10.0 Å². The van der Waals surface area contributed by atoms with Gasteiger partial charge >= 0.3 is 5.97 Å². The molecule has 0 unspecified atom stereocenters. The first-order valence-electron chi connectivity index (χ1n) is 5.15. The molecule has 1 aromatic rings. The summed E-state index contributed by atoms with van der Waals surface area (Å²) in [6, 6.07) is 1.90. The van der Waals surface area contributed by atoms with Crippen molar-refractivity contribution in [3.8, 4) is 0 Å². The Kier molecular flexibility index (Phi) is 2.33. The Morgan fingerprint density at radius 2 is 1.81 bits per heavy atom. The van der Waals surface area contributed by atoms with E-state index >= 15 is 0 Å². The normalized spacial score (nSPS) is 37.6. The van der Waals surface area contributed by atoms with Gasteiger partial charge < -0.3 is 14.2 Å². The van der Waals surface area contributed by atoms with Crippen LogP contribution in [0.1, 0.15) is 12.5 Å². The molecule has 1 aromatic heterocycles. The Labute approximate surface area is 102 Å². The summed E-state index contributed by atoms with van der Waals surface area (Å²) in [5, 5.41) is 0. The number of ether oxygens (including phenoxy) is 3. The van der Waals surface area contributed by atoms with E-state index < -0.39 is 5.97 Å². The van der Waals surface area contributed by atoms with Crippen molar-refractivity contribution >= 4 is 15.9 Å². The molecule has 2 bridgehead atoms. The summed E-state index contributed by atoms with van der Waals surface area (Å²) >= 11 is 3.38. The largest absolute Gasteiger partial charge is 0.323 e. The highest BCUT2D eigenvalue weighted by Gasteiger charge is 2.51. The van der Waals surface area contributed by atoms with Crippen LogP contribution in [0.5, 0.6) is 0 Å². The summed E-state index contributed by atoms with van der Waals surface area (Å²) < 4.78 is 18.0. The summed E-state index contributed by atoms with van der Waals surface area (Å²) in [6.45, 7) is 4.05. The molecule has 0 saturated carbocycles. The van der Waals surface area contributed by atoms with Gasteiger partial charge in [0.2, 0.25) is 0 Å². The number of rotatable bonds is 1. The molecule has 16 heavy (non-hydrogen) atoms. The molecule has 4 nitrogen and oxygen atoms in total. The topological polar surface area (TPSA) is 40.6 Å². The Morgan fingerprint density at radius 3 is 2.38 bits per heavy atom.